The van der Waals surface area contributed by atoms with Gasteiger partial charge in [0.25, 0.3) is 0 Å². The first kappa shape index (κ1) is 21.6. The Bertz CT molecular complexity index is 795. The number of nitrogens with one attached hydrogen (secondary N) is 1. The third kappa shape index (κ3) is 5.08. The van der Waals surface area contributed by atoms with Crippen molar-refractivity contribution in [1.29, 1.82) is 0 Å². The highest BCUT2D eigenvalue weighted by atomic mass is 32.3. The van der Waals surface area contributed by atoms with E-state index >= 15 is 0 Å². The zero-order valence-corrected chi connectivity index (χ0v) is 17.3. The number of carbonyl (C=O) groups is 3. The van der Waals surface area contributed by atoms with Gasteiger partial charge in [-0.25, -0.2) is 9.59 Å². The van der Waals surface area contributed by atoms with Crippen LogP contribution in [-0.4, -0.2) is 89.2 Å². The molecule has 3 aliphatic heterocycles. The summed E-state index contributed by atoms with van der Waals surface area (Å²) in [6, 6.07) is -2.38. The summed E-state index contributed by atoms with van der Waals surface area (Å²) in [5.41, 5.74) is -0.608. The highest BCUT2D eigenvalue weighted by molar-refractivity contribution is 7.80. The molecule has 13 heteroatoms. The van der Waals surface area contributed by atoms with Crippen LogP contribution in [0, 0.1) is 0 Å². The average Bonchev–Trinajstić information content (AvgIpc) is 3.12. The van der Waals surface area contributed by atoms with Gasteiger partial charge < -0.3 is 19.9 Å². The molecule has 0 aromatic heterocycles. The molecule has 2 bridgehead atoms. The fourth-order valence-electron chi connectivity index (χ4n) is 3.77. The molecule has 0 aromatic carbocycles. The molecule has 0 spiro atoms. The van der Waals surface area contributed by atoms with Gasteiger partial charge in [-0.2, -0.15) is 13.5 Å². The fraction of sp³-hybridized carbons (Fsp3) is 0.812. The van der Waals surface area contributed by atoms with Crippen molar-refractivity contribution in [2.45, 2.75) is 63.8 Å². The summed E-state index contributed by atoms with van der Waals surface area (Å²) in [5, 5.41) is 3.45. The number of ether oxygens (including phenoxy) is 1. The number of nitrogens with zero attached hydrogens (tertiary/aromatic N) is 3. The number of likely N-dealkylation sites (tertiary alicyclic amines) is 1. The third-order valence-electron chi connectivity index (χ3n) is 4.99. The normalized spacial score (nSPS) is 27.4. The Balaban J connectivity index is 1.56. The molecule has 2 N–H and O–H groups in total. The van der Waals surface area contributed by atoms with E-state index in [-0.39, 0.29) is 18.5 Å². The predicted octanol–water partition coefficient (Wildman–Crippen LogP) is 0.115. The summed E-state index contributed by atoms with van der Waals surface area (Å²) in [6.45, 7) is 6.21. The highest BCUT2D eigenvalue weighted by Gasteiger charge is 2.49. The summed E-state index contributed by atoms with van der Waals surface area (Å²) in [7, 11) is -4.83. The molecule has 1 unspecified atom stereocenters. The topological polar surface area (TPSA) is 146 Å². The summed E-state index contributed by atoms with van der Waals surface area (Å²) in [5.74, 6) is -0.374. The van der Waals surface area contributed by atoms with Crippen LogP contribution in [0.4, 0.5) is 9.59 Å². The lowest BCUT2D eigenvalue weighted by Gasteiger charge is -2.30. The lowest BCUT2D eigenvalue weighted by molar-refractivity contribution is -0.126. The van der Waals surface area contributed by atoms with Crippen molar-refractivity contribution >= 4 is 28.4 Å². The van der Waals surface area contributed by atoms with Gasteiger partial charge in [0.2, 0.25) is 5.91 Å². The number of amides is 4. The van der Waals surface area contributed by atoms with Crippen LogP contribution in [0.2, 0.25) is 0 Å². The monoisotopic (exact) mass is 434 g/mol. The van der Waals surface area contributed by atoms with E-state index in [1.54, 1.807) is 20.8 Å². The molecule has 3 heterocycles. The van der Waals surface area contributed by atoms with Crippen LogP contribution in [0.25, 0.3) is 0 Å². The Morgan fingerprint density at radius 1 is 1.17 bits per heavy atom. The number of carbonyl (C=O) groups excluding carboxylic acids is 3. The van der Waals surface area contributed by atoms with Gasteiger partial charge in [0.15, 0.2) is 0 Å². The smallest absolute Gasteiger partial charge is 0.418 e. The molecule has 0 radical (unpaired) electrons. The van der Waals surface area contributed by atoms with Crippen LogP contribution in [-0.2, 0) is 24.2 Å². The minimum atomic E-state index is -4.83. The van der Waals surface area contributed by atoms with Crippen LogP contribution in [0.3, 0.4) is 0 Å². The van der Waals surface area contributed by atoms with Gasteiger partial charge in [0.1, 0.15) is 11.6 Å². The van der Waals surface area contributed by atoms with Crippen molar-refractivity contribution in [3.05, 3.63) is 0 Å². The number of hydrogen-bond acceptors (Lipinski definition) is 7. The lowest BCUT2D eigenvalue weighted by atomic mass is 10.00. The van der Waals surface area contributed by atoms with E-state index < -0.39 is 40.2 Å². The lowest BCUT2D eigenvalue weighted by Crippen LogP contribution is -2.52. The predicted molar refractivity (Wildman–Crippen MR) is 97.7 cm³/mol. The Kier molecular flexibility index (Phi) is 5.66. The van der Waals surface area contributed by atoms with Gasteiger partial charge in [-0.1, -0.05) is 0 Å². The summed E-state index contributed by atoms with van der Waals surface area (Å²) >= 11 is 0. The summed E-state index contributed by atoms with van der Waals surface area (Å²) in [6.07, 6.45) is 0.801. The van der Waals surface area contributed by atoms with E-state index in [4.69, 9.17) is 9.29 Å². The maximum atomic E-state index is 12.7. The second-order valence-electron chi connectivity index (χ2n) is 8.43. The molecule has 3 atom stereocenters. The Labute approximate surface area is 169 Å². The average molecular weight is 434 g/mol. The fourth-order valence-corrected chi connectivity index (χ4v) is 4.16. The zero-order chi connectivity index (χ0) is 21.6. The molecule has 0 aromatic rings. The van der Waals surface area contributed by atoms with Gasteiger partial charge in [0.05, 0.1) is 6.04 Å². The van der Waals surface area contributed by atoms with Crippen LogP contribution in [0.15, 0.2) is 0 Å². The van der Waals surface area contributed by atoms with Crippen molar-refractivity contribution in [2.24, 2.45) is 0 Å². The van der Waals surface area contributed by atoms with E-state index in [9.17, 15) is 22.8 Å². The minimum absolute atomic E-state index is 0.126. The number of hydrogen-bond donors (Lipinski definition) is 2. The molecule has 12 nitrogen and oxygen atoms in total. The molecule has 3 saturated heterocycles. The highest BCUT2D eigenvalue weighted by Crippen LogP contribution is 2.31. The third-order valence-corrected chi connectivity index (χ3v) is 5.34. The van der Waals surface area contributed by atoms with E-state index in [0.29, 0.717) is 37.4 Å². The quantitative estimate of drug-likeness (QED) is 0.593. The first-order valence-corrected chi connectivity index (χ1v) is 10.8. The summed E-state index contributed by atoms with van der Waals surface area (Å²) in [4.78, 5) is 40.0. The SMILES string of the molecule is CC(C)(C)OC(=O)N1CCC(NC(=O)[C@@H]2CC[C@@H]3CN2C(=O)N3OS(=O)(=O)O)C1. The molecular formula is C16H26N4O8S. The van der Waals surface area contributed by atoms with Crippen LogP contribution >= 0.6 is 0 Å². The van der Waals surface area contributed by atoms with E-state index in [2.05, 4.69) is 9.60 Å². The Morgan fingerprint density at radius 3 is 2.48 bits per heavy atom. The van der Waals surface area contributed by atoms with Crippen molar-refractivity contribution < 1.29 is 36.4 Å². The Morgan fingerprint density at radius 2 is 1.86 bits per heavy atom. The molecule has 164 valence electrons. The van der Waals surface area contributed by atoms with Gasteiger partial charge in [-0.05, 0) is 40.0 Å². The maximum Gasteiger partial charge on any atom is 0.418 e. The Hall–Kier alpha value is -2.12. The summed E-state index contributed by atoms with van der Waals surface area (Å²) < 4.78 is 40.4. The van der Waals surface area contributed by atoms with Gasteiger partial charge in [0, 0.05) is 25.7 Å². The molecule has 4 amide bonds. The molecule has 0 saturated carbocycles. The molecule has 0 aliphatic carbocycles. The second-order valence-corrected chi connectivity index (χ2v) is 9.44. The van der Waals surface area contributed by atoms with Crippen molar-refractivity contribution in [2.75, 3.05) is 19.6 Å². The van der Waals surface area contributed by atoms with Crippen molar-refractivity contribution in [3.8, 4) is 0 Å². The first-order valence-electron chi connectivity index (χ1n) is 9.39. The van der Waals surface area contributed by atoms with Crippen molar-refractivity contribution in [3.63, 3.8) is 0 Å². The number of urea groups is 1. The van der Waals surface area contributed by atoms with Crippen LogP contribution in [0.1, 0.15) is 40.0 Å². The van der Waals surface area contributed by atoms with Gasteiger partial charge in [-0.15, -0.1) is 4.28 Å². The minimum Gasteiger partial charge on any atom is -0.444 e. The van der Waals surface area contributed by atoms with Gasteiger partial charge >= 0.3 is 22.5 Å². The molecule has 3 aliphatic rings. The van der Waals surface area contributed by atoms with Crippen molar-refractivity contribution in [1.82, 2.24) is 20.2 Å². The zero-order valence-electron chi connectivity index (χ0n) is 16.5. The van der Waals surface area contributed by atoms with E-state index in [1.165, 1.54) is 9.80 Å². The first-order chi connectivity index (χ1) is 13.3. The molecular weight excluding hydrogens is 408 g/mol. The van der Waals surface area contributed by atoms with E-state index in [1.807, 2.05) is 0 Å². The number of hydroxylamine groups is 2. The largest absolute Gasteiger partial charge is 0.444 e. The van der Waals surface area contributed by atoms with Crippen LogP contribution < -0.4 is 5.32 Å². The molecule has 29 heavy (non-hydrogen) atoms. The molecule has 3 rings (SSSR count). The van der Waals surface area contributed by atoms with Gasteiger partial charge in [-0.3, -0.25) is 9.35 Å². The number of fused-ring (bicyclic) bond motifs is 2. The maximum absolute atomic E-state index is 12.7. The molecule has 3 fully saturated rings. The van der Waals surface area contributed by atoms with Crippen LogP contribution in [0.5, 0.6) is 0 Å². The second kappa shape index (κ2) is 7.61. The number of piperidine rings is 1. The standard InChI is InChI=1S/C16H26N4O8S/c1-16(2,3)27-15(23)18-7-6-10(8-18)17-13(21)12-5-4-11-9-19(12)14(22)20(11)28-29(24,25)26/h10-12H,4-9H2,1-3H3,(H,17,21)(H,24,25,26)/t10?,11-,12+/m1/s1. The number of rotatable bonds is 4. The van der Waals surface area contributed by atoms with E-state index in [0.717, 1.165) is 0 Å².